The van der Waals surface area contributed by atoms with Crippen molar-refractivity contribution in [2.24, 2.45) is 0 Å². The molecule has 8 heteroatoms. The first-order chi connectivity index (χ1) is 16.4. The summed E-state index contributed by atoms with van der Waals surface area (Å²) in [6.07, 6.45) is 0.679. The predicted molar refractivity (Wildman–Crippen MR) is 132 cm³/mol. The van der Waals surface area contributed by atoms with Gasteiger partial charge in [-0.15, -0.1) is 0 Å². The first-order valence-corrected chi connectivity index (χ1v) is 11.7. The Bertz CT molecular complexity index is 1060. The van der Waals surface area contributed by atoms with Crippen molar-refractivity contribution in [3.8, 4) is 11.5 Å². The Balaban J connectivity index is 2.13. The summed E-state index contributed by atoms with van der Waals surface area (Å²) >= 11 is 5.99. The smallest absolute Gasteiger partial charge is 0.295 e. The van der Waals surface area contributed by atoms with E-state index in [2.05, 4.69) is 18.7 Å². The van der Waals surface area contributed by atoms with Crippen LogP contribution in [0.2, 0.25) is 5.02 Å². The number of ketones is 1. The van der Waals surface area contributed by atoms with Gasteiger partial charge < -0.3 is 24.4 Å². The number of aliphatic hydroxyl groups is 1. The fourth-order valence-electron chi connectivity index (χ4n) is 4.25. The van der Waals surface area contributed by atoms with E-state index >= 15 is 0 Å². The normalized spacial score (nSPS) is 17.5. The van der Waals surface area contributed by atoms with Crippen LogP contribution < -0.4 is 9.47 Å². The molecule has 0 radical (unpaired) electrons. The molecule has 0 saturated carbocycles. The second-order valence-electron chi connectivity index (χ2n) is 7.99. The molecule has 0 spiro atoms. The molecule has 182 valence electrons. The molecule has 0 aromatic heterocycles. The lowest BCUT2D eigenvalue weighted by Gasteiger charge is -2.28. The average Bonchev–Trinajstić information content (AvgIpc) is 3.11. The summed E-state index contributed by atoms with van der Waals surface area (Å²) in [6.45, 7) is 7.11. The van der Waals surface area contributed by atoms with Gasteiger partial charge in [-0.05, 0) is 68.5 Å². The van der Waals surface area contributed by atoms with E-state index < -0.39 is 17.7 Å². The molecule has 1 heterocycles. The molecule has 1 atom stereocenters. The van der Waals surface area contributed by atoms with E-state index in [0.29, 0.717) is 40.6 Å². The number of carbonyl (C=O) groups excluding carboxylic acids is 2. The molecule has 1 N–H and O–H groups in total. The first-order valence-electron chi connectivity index (χ1n) is 11.3. The lowest BCUT2D eigenvalue weighted by Crippen LogP contribution is -2.33. The second-order valence-corrected chi connectivity index (χ2v) is 8.42. The minimum Gasteiger partial charge on any atom is -0.507 e. The molecule has 0 unspecified atom stereocenters. The maximum atomic E-state index is 13.2. The van der Waals surface area contributed by atoms with Gasteiger partial charge in [0.2, 0.25) is 0 Å². The van der Waals surface area contributed by atoms with E-state index in [4.69, 9.17) is 21.1 Å². The minimum atomic E-state index is -0.822. The number of hydrogen-bond acceptors (Lipinski definition) is 6. The Hall–Kier alpha value is -3.03. The van der Waals surface area contributed by atoms with Crippen LogP contribution in [0.3, 0.4) is 0 Å². The van der Waals surface area contributed by atoms with Crippen molar-refractivity contribution in [3.63, 3.8) is 0 Å². The number of halogens is 1. The third kappa shape index (κ3) is 5.21. The molecular weight excluding hydrogens is 456 g/mol. The molecule has 0 bridgehead atoms. The van der Waals surface area contributed by atoms with Gasteiger partial charge in [0.1, 0.15) is 17.3 Å². The van der Waals surface area contributed by atoms with Crippen LogP contribution in [0.15, 0.2) is 48.0 Å². The molecule has 1 saturated heterocycles. The lowest BCUT2D eigenvalue weighted by molar-refractivity contribution is -0.140. The van der Waals surface area contributed by atoms with Gasteiger partial charge >= 0.3 is 0 Å². The predicted octanol–water partition coefficient (Wildman–Crippen LogP) is 4.51. The molecule has 2 aromatic rings. The van der Waals surface area contributed by atoms with Crippen molar-refractivity contribution in [2.75, 3.05) is 40.4 Å². The van der Waals surface area contributed by atoms with Crippen LogP contribution in [0, 0.1) is 0 Å². The van der Waals surface area contributed by atoms with E-state index in [1.165, 1.54) is 12.0 Å². The Kier molecular flexibility index (Phi) is 8.58. The third-order valence-electron chi connectivity index (χ3n) is 6.16. The number of amides is 1. The van der Waals surface area contributed by atoms with Crippen LogP contribution in [0.25, 0.3) is 5.76 Å². The van der Waals surface area contributed by atoms with E-state index in [1.54, 1.807) is 49.6 Å². The van der Waals surface area contributed by atoms with Crippen LogP contribution in [-0.4, -0.2) is 67.0 Å². The summed E-state index contributed by atoms with van der Waals surface area (Å²) in [7, 11) is 3.07. The fraction of sp³-hybridized carbons (Fsp3) is 0.385. The summed E-state index contributed by atoms with van der Waals surface area (Å²) in [5, 5.41) is 11.7. The van der Waals surface area contributed by atoms with Gasteiger partial charge in [-0.3, -0.25) is 9.59 Å². The highest BCUT2D eigenvalue weighted by atomic mass is 35.5. The number of nitrogens with zero attached hydrogens (tertiary/aromatic N) is 2. The van der Waals surface area contributed by atoms with E-state index in [0.717, 1.165) is 19.6 Å². The van der Waals surface area contributed by atoms with Crippen molar-refractivity contribution in [3.05, 3.63) is 64.2 Å². The SMILES string of the molecule is CCN(CC)CCCN1C(=O)C(=O)/C(=C(/O)c2ccc(Cl)cc2)[C@@H]1c1cc(OC)ccc1OC. The zero-order valence-electron chi connectivity index (χ0n) is 20.0. The number of Topliss-reactive ketones (excluding diaryl/α,β-unsaturated/α-hetero) is 1. The molecule has 1 aliphatic rings. The number of rotatable bonds is 10. The quantitative estimate of drug-likeness (QED) is 0.302. The van der Waals surface area contributed by atoms with Crippen molar-refractivity contribution in [1.82, 2.24) is 9.80 Å². The topological polar surface area (TPSA) is 79.3 Å². The van der Waals surface area contributed by atoms with E-state index in [9.17, 15) is 14.7 Å². The van der Waals surface area contributed by atoms with Gasteiger partial charge in [-0.2, -0.15) is 0 Å². The summed E-state index contributed by atoms with van der Waals surface area (Å²) in [4.78, 5) is 30.2. The maximum Gasteiger partial charge on any atom is 0.295 e. The van der Waals surface area contributed by atoms with Crippen molar-refractivity contribution < 1.29 is 24.2 Å². The van der Waals surface area contributed by atoms with Gasteiger partial charge in [0.15, 0.2) is 0 Å². The number of likely N-dealkylation sites (tertiary alicyclic amines) is 1. The molecule has 1 fully saturated rings. The Morgan fingerprint density at radius 1 is 1.06 bits per heavy atom. The number of benzene rings is 2. The van der Waals surface area contributed by atoms with Gasteiger partial charge in [0, 0.05) is 22.7 Å². The number of methoxy groups -OCH3 is 2. The van der Waals surface area contributed by atoms with Crippen molar-refractivity contribution in [1.29, 1.82) is 0 Å². The largest absolute Gasteiger partial charge is 0.507 e. The molecule has 0 aliphatic carbocycles. The first kappa shape index (κ1) is 25.6. The van der Waals surface area contributed by atoms with Crippen molar-refractivity contribution >= 4 is 29.1 Å². The van der Waals surface area contributed by atoms with Crippen LogP contribution in [0.5, 0.6) is 11.5 Å². The molecule has 34 heavy (non-hydrogen) atoms. The van der Waals surface area contributed by atoms with Crippen molar-refractivity contribution in [2.45, 2.75) is 26.3 Å². The highest BCUT2D eigenvalue weighted by molar-refractivity contribution is 6.46. The third-order valence-corrected chi connectivity index (χ3v) is 6.41. The molecule has 7 nitrogen and oxygen atoms in total. The molecule has 3 rings (SSSR count). The zero-order chi connectivity index (χ0) is 24.8. The number of aliphatic hydroxyl groups excluding tert-OH is 1. The Morgan fingerprint density at radius 3 is 2.32 bits per heavy atom. The van der Waals surface area contributed by atoms with Crippen LogP contribution in [0.4, 0.5) is 0 Å². The lowest BCUT2D eigenvalue weighted by atomic mass is 9.94. The highest BCUT2D eigenvalue weighted by Gasteiger charge is 2.47. The van der Waals surface area contributed by atoms with Gasteiger partial charge in [0.25, 0.3) is 11.7 Å². The van der Waals surface area contributed by atoms with E-state index in [-0.39, 0.29) is 11.3 Å². The Labute approximate surface area is 205 Å². The summed E-state index contributed by atoms with van der Waals surface area (Å²) in [5.41, 5.74) is 0.985. The standard InChI is InChI=1S/C26H31ClN2O5/c1-5-28(6-2)14-7-15-29-23(20-16-19(33-3)12-13-21(20)34-4)22(25(31)26(29)32)24(30)17-8-10-18(27)11-9-17/h8-13,16,23,30H,5-7,14-15H2,1-4H3/b24-22+/t23-/m0/s1. The molecule has 2 aromatic carbocycles. The fourth-order valence-corrected chi connectivity index (χ4v) is 4.38. The van der Waals surface area contributed by atoms with Gasteiger partial charge in [0.05, 0.1) is 25.8 Å². The van der Waals surface area contributed by atoms with E-state index in [1.807, 2.05) is 0 Å². The molecule has 1 aliphatic heterocycles. The van der Waals surface area contributed by atoms with Gasteiger partial charge in [-0.25, -0.2) is 0 Å². The number of ether oxygens (including phenoxy) is 2. The molecule has 1 amide bonds. The second kappa shape index (κ2) is 11.4. The summed E-state index contributed by atoms with van der Waals surface area (Å²) < 4.78 is 11.0. The summed E-state index contributed by atoms with van der Waals surface area (Å²) in [6, 6.07) is 10.9. The summed E-state index contributed by atoms with van der Waals surface area (Å²) in [5.74, 6) is -0.592. The van der Waals surface area contributed by atoms with Gasteiger partial charge in [-0.1, -0.05) is 25.4 Å². The highest BCUT2D eigenvalue weighted by Crippen LogP contribution is 2.44. The average molecular weight is 487 g/mol. The zero-order valence-corrected chi connectivity index (χ0v) is 20.8. The van der Waals surface area contributed by atoms with Crippen LogP contribution in [0.1, 0.15) is 37.4 Å². The monoisotopic (exact) mass is 486 g/mol. The maximum absolute atomic E-state index is 13.2. The van der Waals surface area contributed by atoms with Crippen LogP contribution >= 0.6 is 11.6 Å². The molecular formula is C26H31ClN2O5. The minimum absolute atomic E-state index is 0.0155. The van der Waals surface area contributed by atoms with Crippen LogP contribution in [-0.2, 0) is 9.59 Å². The number of hydrogen-bond donors (Lipinski definition) is 1. The Morgan fingerprint density at radius 2 is 1.74 bits per heavy atom. The number of carbonyl (C=O) groups is 2.